The third kappa shape index (κ3) is 5.04. The summed E-state index contributed by atoms with van der Waals surface area (Å²) >= 11 is 11.2. The summed E-state index contributed by atoms with van der Waals surface area (Å²) in [7, 11) is -4.38. The number of rotatable bonds is 10. The summed E-state index contributed by atoms with van der Waals surface area (Å²) in [6.07, 6.45) is 0. The van der Waals surface area contributed by atoms with Gasteiger partial charge in [-0.3, -0.25) is 14.7 Å². The Morgan fingerprint density at radius 2 is 1.72 bits per heavy atom. The second-order valence-corrected chi connectivity index (χ2v) is 8.18. The average Bonchev–Trinajstić information content (AvgIpc) is 3.02. The van der Waals surface area contributed by atoms with Crippen molar-refractivity contribution < 1.29 is 27.8 Å². The van der Waals surface area contributed by atoms with Crippen molar-refractivity contribution in [3.05, 3.63) is 11.3 Å². The number of carbonyl (C=O) groups excluding carboxylic acids is 2. The molecule has 1 N–H and O–H groups in total. The summed E-state index contributed by atoms with van der Waals surface area (Å²) in [6.45, 7) is 3.15. The van der Waals surface area contributed by atoms with Gasteiger partial charge < -0.3 is 0 Å². The zero-order valence-electron chi connectivity index (χ0n) is 15.7. The van der Waals surface area contributed by atoms with E-state index in [9.17, 15) is 18.0 Å². The minimum atomic E-state index is -4.38. The van der Waals surface area contributed by atoms with Gasteiger partial charge in [0.2, 0.25) is 11.9 Å². The van der Waals surface area contributed by atoms with Crippen LogP contribution in [0.1, 0.15) is 18.2 Å². The van der Waals surface area contributed by atoms with Crippen LogP contribution in [0.2, 0.25) is 0 Å². The van der Waals surface area contributed by atoms with Crippen LogP contribution in [0, 0.1) is 6.92 Å². The van der Waals surface area contributed by atoms with Gasteiger partial charge in [-0.25, -0.2) is 18.4 Å². The zero-order valence-corrected chi connectivity index (χ0v) is 18.0. The van der Waals surface area contributed by atoms with E-state index < -0.39 is 28.1 Å². The molecule has 1 aliphatic heterocycles. The summed E-state index contributed by atoms with van der Waals surface area (Å²) in [5, 5.41) is 14.2. The largest absolute Gasteiger partial charge is 0.331 e. The van der Waals surface area contributed by atoms with Crippen molar-refractivity contribution in [2.75, 3.05) is 31.5 Å². The Kier molecular flexibility index (Phi) is 8.34. The lowest BCUT2D eigenvalue weighted by atomic mass is 10.2. The molecule has 1 aliphatic rings. The minimum absolute atomic E-state index is 0.00219. The zero-order chi connectivity index (χ0) is 21.6. The van der Waals surface area contributed by atoms with Crippen LogP contribution >= 0.6 is 23.2 Å². The molecule has 0 spiro atoms. The van der Waals surface area contributed by atoms with Crippen LogP contribution in [0.15, 0.2) is 10.2 Å². The standard InChI is InChI=1S/C14H20Cl2N6O6S/c1-3-27-28-8-10-9(2)17-19-12(10)20-18-11-13(23)21(6-4-15)29(25,26)22(7-5-16)14(11)24/h11H,3-8H2,1-2H3,(H,17,19). The molecule has 0 aliphatic carbocycles. The number of aromatic amines is 1. The highest BCUT2D eigenvalue weighted by atomic mass is 35.5. The average molecular weight is 471 g/mol. The molecule has 15 heteroatoms. The molecule has 2 amide bonds. The van der Waals surface area contributed by atoms with E-state index in [-0.39, 0.29) is 37.3 Å². The van der Waals surface area contributed by atoms with Gasteiger partial charge in [0.15, 0.2) is 0 Å². The lowest BCUT2D eigenvalue weighted by Crippen LogP contribution is -2.62. The smallest absolute Gasteiger partial charge is 0.280 e. The molecule has 2 heterocycles. The second kappa shape index (κ2) is 10.3. The van der Waals surface area contributed by atoms with Gasteiger partial charge in [-0.1, -0.05) is 0 Å². The molecule has 1 aromatic rings. The molecule has 1 saturated heterocycles. The maximum absolute atomic E-state index is 12.6. The number of azo groups is 1. The van der Waals surface area contributed by atoms with Crippen molar-refractivity contribution in [1.29, 1.82) is 0 Å². The first-order valence-corrected chi connectivity index (χ1v) is 10.9. The Morgan fingerprint density at radius 3 is 2.24 bits per heavy atom. The monoisotopic (exact) mass is 470 g/mol. The summed E-state index contributed by atoms with van der Waals surface area (Å²) in [5.41, 5.74) is 1.12. The number of hydrogen-bond acceptors (Lipinski definition) is 9. The van der Waals surface area contributed by atoms with Gasteiger partial charge in [-0.05, 0) is 13.8 Å². The van der Waals surface area contributed by atoms with Crippen LogP contribution in [0.3, 0.4) is 0 Å². The lowest BCUT2D eigenvalue weighted by Gasteiger charge is -2.35. The molecular formula is C14H20Cl2N6O6S. The molecule has 0 bridgehead atoms. The molecule has 2 rings (SSSR count). The highest BCUT2D eigenvalue weighted by Crippen LogP contribution is 2.25. The summed E-state index contributed by atoms with van der Waals surface area (Å²) in [4.78, 5) is 35.0. The fourth-order valence-electron chi connectivity index (χ4n) is 2.42. The number of carbonyl (C=O) groups is 2. The number of aromatic nitrogens is 2. The molecule has 0 radical (unpaired) electrons. The van der Waals surface area contributed by atoms with E-state index in [2.05, 4.69) is 20.4 Å². The SMILES string of the molecule is CCOOCc1c(N=NC2C(=O)N(CCCl)S(=O)(=O)N(CCCl)C2=O)n[nH]c1C. The Labute approximate surface area is 177 Å². The van der Waals surface area contributed by atoms with E-state index in [4.69, 9.17) is 33.0 Å². The fourth-order valence-corrected chi connectivity index (χ4v) is 4.49. The molecule has 0 unspecified atom stereocenters. The number of nitrogens with one attached hydrogen (secondary N) is 1. The van der Waals surface area contributed by atoms with Gasteiger partial charge in [0.25, 0.3) is 11.8 Å². The van der Waals surface area contributed by atoms with Crippen molar-refractivity contribution in [2.45, 2.75) is 26.5 Å². The highest BCUT2D eigenvalue weighted by molar-refractivity contribution is 7.88. The van der Waals surface area contributed by atoms with Gasteiger partial charge in [-0.15, -0.1) is 28.3 Å². The maximum atomic E-state index is 12.6. The molecule has 1 fully saturated rings. The predicted molar refractivity (Wildman–Crippen MR) is 102 cm³/mol. The van der Waals surface area contributed by atoms with Crippen molar-refractivity contribution in [2.24, 2.45) is 10.2 Å². The van der Waals surface area contributed by atoms with Gasteiger partial charge in [0, 0.05) is 23.0 Å². The Balaban J connectivity index is 2.33. The summed E-state index contributed by atoms with van der Waals surface area (Å²) < 4.78 is 26.0. The second-order valence-electron chi connectivity index (χ2n) is 5.64. The van der Waals surface area contributed by atoms with Crippen LogP contribution < -0.4 is 0 Å². The van der Waals surface area contributed by atoms with Crippen molar-refractivity contribution in [3.8, 4) is 0 Å². The van der Waals surface area contributed by atoms with Crippen LogP contribution in [0.5, 0.6) is 0 Å². The highest BCUT2D eigenvalue weighted by Gasteiger charge is 2.49. The van der Waals surface area contributed by atoms with Gasteiger partial charge >= 0.3 is 10.2 Å². The molecule has 29 heavy (non-hydrogen) atoms. The number of hydrogen-bond donors (Lipinski definition) is 1. The van der Waals surface area contributed by atoms with Gasteiger partial charge in [0.05, 0.1) is 19.7 Å². The summed E-state index contributed by atoms with van der Waals surface area (Å²) in [5.74, 6) is -2.34. The third-order valence-electron chi connectivity index (χ3n) is 3.82. The topological polar surface area (TPSA) is 147 Å². The van der Waals surface area contributed by atoms with E-state index in [1.807, 2.05) is 0 Å². The van der Waals surface area contributed by atoms with Crippen molar-refractivity contribution in [1.82, 2.24) is 18.8 Å². The summed E-state index contributed by atoms with van der Waals surface area (Å²) in [6, 6.07) is -1.71. The van der Waals surface area contributed by atoms with Gasteiger partial charge in [-0.2, -0.15) is 18.6 Å². The number of alkyl halides is 2. The van der Waals surface area contributed by atoms with Gasteiger partial charge in [0.1, 0.15) is 6.61 Å². The lowest BCUT2D eigenvalue weighted by molar-refractivity contribution is -0.300. The van der Waals surface area contributed by atoms with E-state index in [0.29, 0.717) is 26.5 Å². The first-order valence-electron chi connectivity index (χ1n) is 8.48. The number of amides is 2. The third-order valence-corrected chi connectivity index (χ3v) is 5.99. The molecule has 12 nitrogen and oxygen atoms in total. The number of nitrogens with zero attached hydrogens (tertiary/aromatic N) is 5. The predicted octanol–water partition coefficient (Wildman–Crippen LogP) is 1.03. The molecule has 0 saturated carbocycles. The minimum Gasteiger partial charge on any atom is -0.280 e. The molecule has 0 aromatic carbocycles. The van der Waals surface area contributed by atoms with Crippen molar-refractivity contribution in [3.63, 3.8) is 0 Å². The fraction of sp³-hybridized carbons (Fsp3) is 0.643. The maximum Gasteiger partial charge on any atom is 0.331 e. The normalized spacial score (nSPS) is 17.7. The first kappa shape index (κ1) is 23.5. The molecule has 0 atom stereocenters. The first-order chi connectivity index (χ1) is 13.8. The van der Waals surface area contributed by atoms with Crippen LogP contribution in [0.25, 0.3) is 0 Å². The van der Waals surface area contributed by atoms with Crippen LogP contribution in [0.4, 0.5) is 5.82 Å². The number of halogens is 2. The Hall–Kier alpha value is -1.80. The Morgan fingerprint density at radius 1 is 1.14 bits per heavy atom. The van der Waals surface area contributed by atoms with E-state index in [1.165, 1.54) is 0 Å². The number of H-pyrrole nitrogens is 1. The van der Waals surface area contributed by atoms with E-state index in [1.54, 1.807) is 13.8 Å². The van der Waals surface area contributed by atoms with Crippen LogP contribution in [-0.4, -0.2) is 76.5 Å². The van der Waals surface area contributed by atoms with Crippen LogP contribution in [-0.2, 0) is 36.2 Å². The van der Waals surface area contributed by atoms with Crippen molar-refractivity contribution >= 4 is 51.0 Å². The molecule has 162 valence electrons. The molecule has 1 aromatic heterocycles. The quantitative estimate of drug-likeness (QED) is 0.134. The van der Waals surface area contributed by atoms with E-state index >= 15 is 0 Å². The molecular weight excluding hydrogens is 451 g/mol. The Bertz CT molecular complexity index is 844. The number of aryl methyl sites for hydroxylation is 1. The van der Waals surface area contributed by atoms with E-state index in [0.717, 1.165) is 0 Å².